The van der Waals surface area contributed by atoms with Gasteiger partial charge in [-0.2, -0.15) is 13.2 Å². The number of rotatable bonds is 14. The molecule has 0 spiro atoms. The van der Waals surface area contributed by atoms with Gasteiger partial charge in [-0.3, -0.25) is 9.88 Å². The molecular formula is C27H38F3N6O4P. The average Bonchev–Trinajstić information content (AvgIpc) is 3.33. The number of halogens is 3. The van der Waals surface area contributed by atoms with Gasteiger partial charge in [0.05, 0.1) is 36.6 Å². The van der Waals surface area contributed by atoms with Crippen LogP contribution < -0.4 is 10.8 Å². The molecule has 3 aromatic rings. The van der Waals surface area contributed by atoms with Crippen molar-refractivity contribution in [3.05, 3.63) is 48.0 Å². The first-order valence-corrected chi connectivity index (χ1v) is 15.5. The third-order valence-corrected chi connectivity index (χ3v) is 9.08. The predicted molar refractivity (Wildman–Crippen MR) is 150 cm³/mol. The number of carbonyl (C=O) groups excluding carboxylic acids is 1. The molecule has 0 bridgehead atoms. The fourth-order valence-electron chi connectivity index (χ4n) is 4.12. The van der Waals surface area contributed by atoms with E-state index in [1.807, 2.05) is 13.8 Å². The molecular weight excluding hydrogens is 560 g/mol. The Hall–Kier alpha value is -3.02. The van der Waals surface area contributed by atoms with Crippen molar-refractivity contribution in [1.82, 2.24) is 24.6 Å². The number of aromatic nitrogens is 4. The molecule has 3 atom stereocenters. The van der Waals surface area contributed by atoms with Crippen LogP contribution in [-0.2, 0) is 31.6 Å². The molecule has 0 fully saturated rings. The zero-order chi connectivity index (χ0) is 30.4. The fraction of sp³-hybridized carbons (Fsp3) is 0.556. The van der Waals surface area contributed by atoms with Gasteiger partial charge in [0.1, 0.15) is 18.2 Å². The highest BCUT2D eigenvalue weighted by atomic mass is 31.2. The first-order chi connectivity index (χ1) is 19.1. The lowest BCUT2D eigenvalue weighted by molar-refractivity contribution is -0.154. The summed E-state index contributed by atoms with van der Waals surface area (Å²) in [5, 5.41) is 3.11. The van der Waals surface area contributed by atoms with E-state index in [4.69, 9.17) is 15.2 Å². The van der Waals surface area contributed by atoms with Gasteiger partial charge < -0.3 is 24.3 Å². The van der Waals surface area contributed by atoms with E-state index in [0.29, 0.717) is 36.3 Å². The second-order valence-corrected chi connectivity index (χ2v) is 13.5. The lowest BCUT2D eigenvalue weighted by Gasteiger charge is -2.29. The van der Waals surface area contributed by atoms with Crippen LogP contribution in [0.4, 0.5) is 19.0 Å². The van der Waals surface area contributed by atoms with Crippen LogP contribution in [-0.4, -0.2) is 50.7 Å². The summed E-state index contributed by atoms with van der Waals surface area (Å²) < 4.78 is 66.4. The molecule has 14 heteroatoms. The standard InChI is InChI=1S/C27H38F3N6O4P/c1-6-12-39-25(37)26(4,5)11-13-41(38,35-19(3)20-7-9-21(10-8-20)27(28,29)30)17-40-18(2)14-36-16-34-22-23(31)32-15-33-24(22)36/h7-10,15-16,18-19H,6,11-14,17H2,1-5H3,(H,35,38)(H2,31,32,33)/t18-,19-,41?/m1/s1. The molecule has 10 nitrogen and oxygen atoms in total. The molecule has 2 heterocycles. The summed E-state index contributed by atoms with van der Waals surface area (Å²) in [4.78, 5) is 25.0. The molecule has 1 unspecified atom stereocenters. The van der Waals surface area contributed by atoms with E-state index in [-0.39, 0.29) is 30.7 Å². The second-order valence-electron chi connectivity index (χ2n) is 10.8. The van der Waals surface area contributed by atoms with Crippen molar-refractivity contribution < 1.29 is 32.0 Å². The molecule has 0 radical (unpaired) electrons. The van der Waals surface area contributed by atoms with Gasteiger partial charge in [-0.05, 0) is 58.2 Å². The van der Waals surface area contributed by atoms with E-state index < -0.39 is 36.6 Å². The van der Waals surface area contributed by atoms with Crippen LogP contribution in [0, 0.1) is 5.41 Å². The Labute approximate surface area is 237 Å². The van der Waals surface area contributed by atoms with Crippen LogP contribution in [0.5, 0.6) is 0 Å². The van der Waals surface area contributed by atoms with Crippen LogP contribution in [0.15, 0.2) is 36.9 Å². The average molecular weight is 599 g/mol. The minimum Gasteiger partial charge on any atom is -0.465 e. The number of fused-ring (bicyclic) bond motifs is 1. The number of hydrogen-bond donors (Lipinski definition) is 2. The van der Waals surface area contributed by atoms with Gasteiger partial charge in [0, 0.05) is 12.2 Å². The summed E-state index contributed by atoms with van der Waals surface area (Å²) in [6.07, 6.45) is -1.07. The zero-order valence-corrected chi connectivity index (χ0v) is 24.8. The molecule has 0 aliphatic rings. The highest BCUT2D eigenvalue weighted by molar-refractivity contribution is 7.61. The lowest BCUT2D eigenvalue weighted by Crippen LogP contribution is -2.30. The number of nitrogens with zero attached hydrogens (tertiary/aromatic N) is 4. The Morgan fingerprint density at radius 3 is 2.46 bits per heavy atom. The monoisotopic (exact) mass is 598 g/mol. The SMILES string of the molecule is CCCOC(=O)C(C)(C)CCP(=O)(CO[C@H](C)Cn1cnc2c(N)ncnc21)N[C@H](C)c1ccc(C(F)(F)F)cc1. The normalized spacial score (nSPS) is 15.4. The number of esters is 1. The van der Waals surface area contributed by atoms with E-state index in [1.165, 1.54) is 18.5 Å². The van der Waals surface area contributed by atoms with Crippen molar-refractivity contribution in [2.75, 3.05) is 24.9 Å². The van der Waals surface area contributed by atoms with E-state index in [0.717, 1.165) is 12.1 Å². The van der Waals surface area contributed by atoms with Crippen molar-refractivity contribution in [3.8, 4) is 0 Å². The maximum absolute atomic E-state index is 14.2. The number of nitrogens with one attached hydrogen (secondary N) is 1. The molecule has 3 rings (SSSR count). The maximum Gasteiger partial charge on any atom is 0.416 e. The van der Waals surface area contributed by atoms with Crippen molar-refractivity contribution in [1.29, 1.82) is 0 Å². The Bertz CT molecular complexity index is 1360. The maximum atomic E-state index is 14.2. The summed E-state index contributed by atoms with van der Waals surface area (Å²) in [6, 6.07) is 4.16. The summed E-state index contributed by atoms with van der Waals surface area (Å²) in [7, 11) is -3.32. The van der Waals surface area contributed by atoms with E-state index >= 15 is 0 Å². The van der Waals surface area contributed by atoms with Crippen molar-refractivity contribution in [2.24, 2.45) is 5.41 Å². The summed E-state index contributed by atoms with van der Waals surface area (Å²) in [6.45, 7) is 9.53. The van der Waals surface area contributed by atoms with Gasteiger partial charge in [-0.15, -0.1) is 0 Å². The summed E-state index contributed by atoms with van der Waals surface area (Å²) >= 11 is 0. The Balaban J connectivity index is 1.74. The van der Waals surface area contributed by atoms with E-state index in [1.54, 1.807) is 31.7 Å². The van der Waals surface area contributed by atoms with Gasteiger partial charge >= 0.3 is 12.1 Å². The number of hydrogen-bond acceptors (Lipinski definition) is 8. The van der Waals surface area contributed by atoms with Gasteiger partial charge in [0.25, 0.3) is 0 Å². The van der Waals surface area contributed by atoms with Gasteiger partial charge in [-0.1, -0.05) is 19.1 Å². The number of alkyl halides is 3. The third-order valence-electron chi connectivity index (χ3n) is 6.71. The first-order valence-electron chi connectivity index (χ1n) is 13.4. The van der Waals surface area contributed by atoms with Crippen LogP contribution in [0.25, 0.3) is 11.2 Å². The molecule has 0 aliphatic heterocycles. The number of nitrogens with two attached hydrogens (primary N) is 1. The fourth-order valence-corrected chi connectivity index (χ4v) is 6.72. The van der Waals surface area contributed by atoms with Gasteiger partial charge in [-0.25, -0.2) is 15.0 Å². The molecule has 2 aromatic heterocycles. The molecule has 41 heavy (non-hydrogen) atoms. The molecule has 0 amide bonds. The van der Waals surface area contributed by atoms with Crippen molar-refractivity contribution in [2.45, 2.75) is 72.3 Å². The number of benzene rings is 1. The number of imidazole rings is 1. The molecule has 1 aromatic carbocycles. The van der Waals surface area contributed by atoms with E-state index in [9.17, 15) is 22.5 Å². The molecule has 0 saturated carbocycles. The largest absolute Gasteiger partial charge is 0.465 e. The quantitative estimate of drug-likeness (QED) is 0.175. The number of nitrogen functional groups attached to an aromatic ring is 1. The van der Waals surface area contributed by atoms with Crippen LogP contribution in [0.3, 0.4) is 0 Å². The predicted octanol–water partition coefficient (Wildman–Crippen LogP) is 5.79. The number of ether oxygens (including phenoxy) is 2. The van der Waals surface area contributed by atoms with Crippen LogP contribution in [0.1, 0.15) is 64.6 Å². The zero-order valence-electron chi connectivity index (χ0n) is 23.9. The number of anilines is 1. The Morgan fingerprint density at radius 2 is 1.83 bits per heavy atom. The minimum atomic E-state index is -4.45. The lowest BCUT2D eigenvalue weighted by atomic mass is 9.90. The minimum absolute atomic E-state index is 0.108. The Kier molecular flexibility index (Phi) is 10.5. The highest BCUT2D eigenvalue weighted by Crippen LogP contribution is 2.47. The molecule has 226 valence electrons. The Morgan fingerprint density at radius 1 is 1.15 bits per heavy atom. The van der Waals surface area contributed by atoms with Gasteiger partial charge in [0.2, 0.25) is 0 Å². The van der Waals surface area contributed by atoms with Gasteiger partial charge in [0.15, 0.2) is 18.8 Å². The third kappa shape index (κ3) is 8.73. The second kappa shape index (κ2) is 13.3. The van der Waals surface area contributed by atoms with E-state index in [2.05, 4.69) is 20.0 Å². The smallest absolute Gasteiger partial charge is 0.416 e. The highest BCUT2D eigenvalue weighted by Gasteiger charge is 2.35. The molecule has 0 saturated heterocycles. The van der Waals surface area contributed by atoms with Crippen LogP contribution >= 0.6 is 7.29 Å². The topological polar surface area (TPSA) is 134 Å². The molecule has 3 N–H and O–H groups in total. The number of carbonyl (C=O) groups is 1. The summed E-state index contributed by atoms with van der Waals surface area (Å²) in [5.74, 6) is -0.127. The first kappa shape index (κ1) is 32.5. The molecule has 0 aliphatic carbocycles. The summed E-state index contributed by atoms with van der Waals surface area (Å²) in [5.41, 5.74) is 5.75. The van der Waals surface area contributed by atoms with Crippen molar-refractivity contribution >= 4 is 30.2 Å². The van der Waals surface area contributed by atoms with Crippen LogP contribution in [0.2, 0.25) is 0 Å². The van der Waals surface area contributed by atoms with Crippen molar-refractivity contribution in [3.63, 3.8) is 0 Å².